The van der Waals surface area contributed by atoms with Crippen molar-refractivity contribution in [2.45, 2.75) is 18.9 Å². The molecule has 0 spiro atoms. The highest BCUT2D eigenvalue weighted by molar-refractivity contribution is 6.32. The van der Waals surface area contributed by atoms with Crippen molar-refractivity contribution in [2.75, 3.05) is 25.5 Å². The van der Waals surface area contributed by atoms with E-state index in [0.29, 0.717) is 47.6 Å². The molecule has 1 aliphatic rings. The van der Waals surface area contributed by atoms with E-state index < -0.39 is 6.10 Å². The normalized spacial score (nSPS) is 15.6. The Bertz CT molecular complexity index is 1360. The number of aromatic nitrogens is 4. The summed E-state index contributed by atoms with van der Waals surface area (Å²) in [5, 5.41) is 13.3. The molecule has 1 amide bonds. The summed E-state index contributed by atoms with van der Waals surface area (Å²) < 4.78 is 7.45. The van der Waals surface area contributed by atoms with Gasteiger partial charge < -0.3 is 20.1 Å². The number of nitrogens with one attached hydrogen (secondary N) is 1. The van der Waals surface area contributed by atoms with Gasteiger partial charge in [-0.15, -0.1) is 0 Å². The first-order valence-electron chi connectivity index (χ1n) is 10.9. The van der Waals surface area contributed by atoms with Crippen molar-refractivity contribution >= 4 is 34.8 Å². The van der Waals surface area contributed by atoms with E-state index in [-0.39, 0.29) is 12.3 Å². The largest absolute Gasteiger partial charge is 0.495 e. The Morgan fingerprint density at radius 1 is 1.26 bits per heavy atom. The fraction of sp³-hybridized carbons (Fsp3) is 0.250. The highest BCUT2D eigenvalue weighted by Gasteiger charge is 2.24. The highest BCUT2D eigenvalue weighted by Crippen LogP contribution is 2.31. The number of hydrogen-bond acceptors (Lipinski definition) is 7. The third-order valence-electron chi connectivity index (χ3n) is 5.79. The van der Waals surface area contributed by atoms with Crippen LogP contribution in [0.1, 0.15) is 12.0 Å². The molecule has 0 radical (unpaired) electrons. The first-order chi connectivity index (χ1) is 16.5. The number of benzene rings is 1. The van der Waals surface area contributed by atoms with Crippen LogP contribution in [-0.2, 0) is 11.2 Å². The second-order valence-corrected chi connectivity index (χ2v) is 8.49. The molecule has 10 heteroatoms. The summed E-state index contributed by atoms with van der Waals surface area (Å²) in [6, 6.07) is 11.2. The van der Waals surface area contributed by atoms with Crippen molar-refractivity contribution in [3.05, 3.63) is 65.6 Å². The number of aliphatic hydroxyl groups is 1. The van der Waals surface area contributed by atoms with Gasteiger partial charge in [-0.1, -0.05) is 23.7 Å². The number of rotatable bonds is 6. The molecule has 0 aliphatic carbocycles. The fourth-order valence-corrected chi connectivity index (χ4v) is 4.23. The van der Waals surface area contributed by atoms with Crippen LogP contribution >= 0.6 is 11.6 Å². The van der Waals surface area contributed by atoms with E-state index in [1.165, 1.54) is 0 Å². The fourth-order valence-electron chi connectivity index (χ4n) is 4.04. The van der Waals surface area contributed by atoms with Gasteiger partial charge >= 0.3 is 0 Å². The van der Waals surface area contributed by atoms with Crippen molar-refractivity contribution in [1.29, 1.82) is 0 Å². The van der Waals surface area contributed by atoms with Gasteiger partial charge in [0, 0.05) is 19.3 Å². The molecule has 4 aromatic rings. The van der Waals surface area contributed by atoms with Crippen LogP contribution < -0.4 is 10.1 Å². The number of nitrogens with zero attached hydrogens (tertiary/aromatic N) is 5. The molecule has 1 fully saturated rings. The number of likely N-dealkylation sites (tertiary alicyclic amines) is 1. The van der Waals surface area contributed by atoms with Crippen LogP contribution in [0.5, 0.6) is 5.75 Å². The van der Waals surface area contributed by atoms with E-state index in [1.54, 1.807) is 24.4 Å². The summed E-state index contributed by atoms with van der Waals surface area (Å²) in [4.78, 5) is 27.5. The number of imidazole rings is 1. The number of fused-ring (bicyclic) bond motifs is 1. The maximum atomic E-state index is 12.5. The average Bonchev–Trinajstić information content (AvgIpc) is 3.47. The molecule has 34 heavy (non-hydrogen) atoms. The lowest BCUT2D eigenvalue weighted by Gasteiger charge is -2.16. The molecule has 3 aromatic heterocycles. The van der Waals surface area contributed by atoms with E-state index in [9.17, 15) is 9.90 Å². The zero-order valence-electron chi connectivity index (χ0n) is 18.5. The Morgan fingerprint density at radius 3 is 2.94 bits per heavy atom. The number of amides is 1. The minimum Gasteiger partial charge on any atom is -0.495 e. The number of carbonyl (C=O) groups excluding carboxylic acids is 1. The van der Waals surface area contributed by atoms with Crippen molar-refractivity contribution in [2.24, 2.45) is 0 Å². The smallest absolute Gasteiger partial charge is 0.227 e. The molecule has 1 atom stereocenters. The third kappa shape index (κ3) is 4.40. The summed E-state index contributed by atoms with van der Waals surface area (Å²) in [6.45, 7) is 0.970. The third-order valence-corrected chi connectivity index (χ3v) is 6.06. The van der Waals surface area contributed by atoms with Gasteiger partial charge in [0.2, 0.25) is 11.9 Å². The summed E-state index contributed by atoms with van der Waals surface area (Å²) in [6.07, 6.45) is 5.58. The van der Waals surface area contributed by atoms with E-state index >= 15 is 0 Å². The van der Waals surface area contributed by atoms with Crippen LogP contribution in [0, 0.1) is 0 Å². The lowest BCUT2D eigenvalue weighted by atomic mass is 10.1. The van der Waals surface area contributed by atoms with Gasteiger partial charge in [0.05, 0.1) is 48.4 Å². The zero-order chi connectivity index (χ0) is 23.7. The molecular formula is C24H23ClN6O3. The summed E-state index contributed by atoms with van der Waals surface area (Å²) >= 11 is 6.41. The Balaban J connectivity index is 1.38. The van der Waals surface area contributed by atoms with Crippen molar-refractivity contribution in [3.8, 4) is 17.1 Å². The standard InChI is InChI=1S/C24H23ClN6O3/c1-34-20-10-15(11-22(33)30-9-7-16(32)14-30)5-6-18(20)28-24-27-12-17(25)23(29-24)19-13-26-21-4-2-3-8-31(19)21/h2-6,8,10,12-13,16,32H,7,9,11,14H2,1H3,(H,27,28,29)/t16-/m1/s1. The summed E-state index contributed by atoms with van der Waals surface area (Å²) in [5.74, 6) is 0.887. The van der Waals surface area contributed by atoms with Crippen LogP contribution in [0.2, 0.25) is 5.02 Å². The molecule has 1 aromatic carbocycles. The maximum absolute atomic E-state index is 12.5. The number of β-amino-alcohol motifs (C(OH)–C–C–N with tert-alkyl or cyclic N) is 1. The van der Waals surface area contributed by atoms with E-state index in [4.69, 9.17) is 16.3 Å². The molecule has 0 bridgehead atoms. The molecule has 1 saturated heterocycles. The lowest BCUT2D eigenvalue weighted by molar-refractivity contribution is -0.129. The monoisotopic (exact) mass is 478 g/mol. The van der Waals surface area contributed by atoms with Crippen LogP contribution in [-0.4, -0.2) is 61.6 Å². The highest BCUT2D eigenvalue weighted by atomic mass is 35.5. The molecule has 0 saturated carbocycles. The topological polar surface area (TPSA) is 105 Å². The molecule has 4 heterocycles. The minimum absolute atomic E-state index is 0.0157. The summed E-state index contributed by atoms with van der Waals surface area (Å²) in [5.41, 5.74) is 3.56. The predicted octanol–water partition coefficient (Wildman–Crippen LogP) is 3.33. The number of hydrogen-bond donors (Lipinski definition) is 2. The van der Waals surface area contributed by atoms with Gasteiger partial charge in [-0.05, 0) is 36.2 Å². The predicted molar refractivity (Wildman–Crippen MR) is 128 cm³/mol. The first-order valence-corrected chi connectivity index (χ1v) is 11.2. The minimum atomic E-state index is -0.435. The van der Waals surface area contributed by atoms with E-state index in [0.717, 1.165) is 16.9 Å². The second-order valence-electron chi connectivity index (χ2n) is 8.08. The lowest BCUT2D eigenvalue weighted by Crippen LogP contribution is -2.30. The number of anilines is 2. The number of ether oxygens (including phenoxy) is 1. The Morgan fingerprint density at radius 2 is 2.15 bits per heavy atom. The molecule has 0 unspecified atom stereocenters. The average molecular weight is 479 g/mol. The van der Waals surface area contributed by atoms with Crippen LogP contribution in [0.3, 0.4) is 0 Å². The molecule has 1 aliphatic heterocycles. The van der Waals surface area contributed by atoms with E-state index in [2.05, 4.69) is 20.3 Å². The Hall–Kier alpha value is -3.69. The van der Waals surface area contributed by atoms with Crippen molar-refractivity contribution in [1.82, 2.24) is 24.3 Å². The quantitative estimate of drug-likeness (QED) is 0.438. The van der Waals surface area contributed by atoms with Gasteiger partial charge in [-0.25, -0.2) is 15.0 Å². The van der Waals surface area contributed by atoms with Crippen molar-refractivity contribution in [3.63, 3.8) is 0 Å². The first kappa shape index (κ1) is 22.1. The zero-order valence-corrected chi connectivity index (χ0v) is 19.2. The molecule has 5 rings (SSSR count). The van der Waals surface area contributed by atoms with Gasteiger partial charge in [-0.3, -0.25) is 9.20 Å². The van der Waals surface area contributed by atoms with Gasteiger partial charge in [0.25, 0.3) is 0 Å². The second kappa shape index (κ2) is 9.28. The van der Waals surface area contributed by atoms with E-state index in [1.807, 2.05) is 47.0 Å². The number of halogens is 1. The number of methoxy groups -OCH3 is 1. The Kier molecular flexibility index (Phi) is 6.04. The molecular weight excluding hydrogens is 456 g/mol. The van der Waals surface area contributed by atoms with Crippen molar-refractivity contribution < 1.29 is 14.6 Å². The number of aliphatic hydroxyl groups excluding tert-OH is 1. The van der Waals surface area contributed by atoms with Gasteiger partial charge in [0.15, 0.2) is 0 Å². The van der Waals surface area contributed by atoms with Crippen LogP contribution in [0.25, 0.3) is 17.0 Å². The number of pyridine rings is 1. The molecule has 9 nitrogen and oxygen atoms in total. The van der Waals surface area contributed by atoms with Crippen LogP contribution in [0.15, 0.2) is 55.0 Å². The van der Waals surface area contributed by atoms with Gasteiger partial charge in [-0.2, -0.15) is 0 Å². The SMILES string of the molecule is COc1cc(CC(=O)N2CC[C@@H](O)C2)ccc1Nc1ncc(Cl)c(-c2cnc3ccccn23)n1. The maximum Gasteiger partial charge on any atom is 0.227 e. The Labute approximate surface area is 201 Å². The van der Waals surface area contributed by atoms with Crippen LogP contribution in [0.4, 0.5) is 11.6 Å². The number of carbonyl (C=O) groups is 1. The summed E-state index contributed by atoms with van der Waals surface area (Å²) in [7, 11) is 1.56. The molecule has 174 valence electrons. The van der Waals surface area contributed by atoms with Gasteiger partial charge in [0.1, 0.15) is 17.1 Å². The molecule has 2 N–H and O–H groups in total.